The Morgan fingerprint density at radius 1 is 1.36 bits per heavy atom. The van der Waals surface area contributed by atoms with Crippen LogP contribution in [0.4, 0.5) is 0 Å². The molecule has 2 atom stereocenters. The molecule has 1 aromatic heterocycles. The standard InChI is InChI=1S/C18H29N3O4/c1-13-9-15(25-19-13)10-14-11-20(12-16(14)23-4)17(22)18(2,3)21-5-7-24-8-6-21/h9,14,16H,5-8,10-12H2,1-4H3/t14-,16+/m1/s1. The fourth-order valence-corrected chi connectivity index (χ4v) is 3.89. The molecular weight excluding hydrogens is 322 g/mol. The summed E-state index contributed by atoms with van der Waals surface area (Å²) in [5.74, 6) is 1.24. The Balaban J connectivity index is 1.66. The van der Waals surface area contributed by atoms with Crippen molar-refractivity contribution in [1.82, 2.24) is 15.0 Å². The summed E-state index contributed by atoms with van der Waals surface area (Å²) < 4.78 is 16.4. The van der Waals surface area contributed by atoms with Crippen LogP contribution in [-0.4, -0.2) is 79.0 Å². The largest absolute Gasteiger partial charge is 0.379 e. The second kappa shape index (κ2) is 7.43. The Hall–Kier alpha value is -1.44. The van der Waals surface area contributed by atoms with Gasteiger partial charge in [-0.3, -0.25) is 9.69 Å². The van der Waals surface area contributed by atoms with E-state index < -0.39 is 5.54 Å². The van der Waals surface area contributed by atoms with Gasteiger partial charge in [-0.05, 0) is 20.8 Å². The minimum atomic E-state index is -0.528. The minimum absolute atomic E-state index is 0.0230. The topological polar surface area (TPSA) is 68.0 Å². The maximum Gasteiger partial charge on any atom is 0.242 e. The average molecular weight is 351 g/mol. The Labute approximate surface area is 149 Å². The Bertz CT molecular complexity index is 595. The molecule has 0 radical (unpaired) electrons. The molecule has 7 heteroatoms. The quantitative estimate of drug-likeness (QED) is 0.792. The molecular formula is C18H29N3O4. The SMILES string of the molecule is CO[C@H]1CN(C(=O)C(C)(C)N2CCOCC2)C[C@H]1Cc1cc(C)no1. The third-order valence-electron chi connectivity index (χ3n) is 5.44. The summed E-state index contributed by atoms with van der Waals surface area (Å²) in [5, 5.41) is 3.95. The van der Waals surface area contributed by atoms with Gasteiger partial charge < -0.3 is 18.9 Å². The molecule has 1 aromatic rings. The lowest BCUT2D eigenvalue weighted by Gasteiger charge is -2.41. The number of likely N-dealkylation sites (tertiary alicyclic amines) is 1. The van der Waals surface area contributed by atoms with E-state index in [2.05, 4.69) is 10.1 Å². The second-order valence-corrected chi connectivity index (χ2v) is 7.54. The smallest absolute Gasteiger partial charge is 0.242 e. The second-order valence-electron chi connectivity index (χ2n) is 7.54. The van der Waals surface area contributed by atoms with Gasteiger partial charge in [0.1, 0.15) is 5.76 Å². The number of carbonyl (C=O) groups is 1. The Morgan fingerprint density at radius 3 is 2.68 bits per heavy atom. The van der Waals surface area contributed by atoms with Crippen molar-refractivity contribution in [3.05, 3.63) is 17.5 Å². The number of ether oxygens (including phenoxy) is 2. The molecule has 2 fully saturated rings. The number of rotatable bonds is 5. The van der Waals surface area contributed by atoms with Gasteiger partial charge in [-0.25, -0.2) is 0 Å². The summed E-state index contributed by atoms with van der Waals surface area (Å²) in [4.78, 5) is 17.3. The van der Waals surface area contributed by atoms with Crippen LogP contribution in [0.15, 0.2) is 10.6 Å². The van der Waals surface area contributed by atoms with Crippen LogP contribution in [0.3, 0.4) is 0 Å². The first-order chi connectivity index (χ1) is 11.9. The molecule has 7 nitrogen and oxygen atoms in total. The van der Waals surface area contributed by atoms with Crippen molar-refractivity contribution >= 4 is 5.91 Å². The van der Waals surface area contributed by atoms with Crippen LogP contribution >= 0.6 is 0 Å². The monoisotopic (exact) mass is 351 g/mol. The normalized spacial score (nSPS) is 25.5. The first kappa shape index (κ1) is 18.4. The van der Waals surface area contributed by atoms with E-state index in [-0.39, 0.29) is 17.9 Å². The highest BCUT2D eigenvalue weighted by Gasteiger charge is 2.43. The molecule has 0 aliphatic carbocycles. The van der Waals surface area contributed by atoms with Gasteiger partial charge in [0.2, 0.25) is 5.91 Å². The number of hydrogen-bond acceptors (Lipinski definition) is 6. The van der Waals surface area contributed by atoms with E-state index in [1.807, 2.05) is 31.7 Å². The van der Waals surface area contributed by atoms with Crippen LogP contribution in [0.25, 0.3) is 0 Å². The molecule has 0 saturated carbocycles. The molecule has 2 aliphatic rings. The zero-order valence-electron chi connectivity index (χ0n) is 15.7. The molecule has 2 saturated heterocycles. The van der Waals surface area contributed by atoms with E-state index in [1.54, 1.807) is 7.11 Å². The van der Waals surface area contributed by atoms with Gasteiger partial charge in [0.05, 0.1) is 30.6 Å². The van der Waals surface area contributed by atoms with Crippen LogP contribution < -0.4 is 0 Å². The number of aromatic nitrogens is 1. The summed E-state index contributed by atoms with van der Waals surface area (Å²) in [7, 11) is 1.71. The van der Waals surface area contributed by atoms with Crippen molar-refractivity contribution in [3.63, 3.8) is 0 Å². The van der Waals surface area contributed by atoms with Crippen molar-refractivity contribution in [3.8, 4) is 0 Å². The molecule has 0 aromatic carbocycles. The number of aryl methyl sites for hydroxylation is 1. The molecule has 0 bridgehead atoms. The van der Waals surface area contributed by atoms with Gasteiger partial charge >= 0.3 is 0 Å². The fraction of sp³-hybridized carbons (Fsp3) is 0.778. The van der Waals surface area contributed by atoms with Gasteiger partial charge in [-0.15, -0.1) is 0 Å². The number of carbonyl (C=O) groups excluding carboxylic acids is 1. The van der Waals surface area contributed by atoms with E-state index in [0.717, 1.165) is 31.0 Å². The number of methoxy groups -OCH3 is 1. The highest BCUT2D eigenvalue weighted by molar-refractivity contribution is 5.85. The molecule has 140 valence electrons. The average Bonchev–Trinajstić information content (AvgIpc) is 3.21. The fourth-order valence-electron chi connectivity index (χ4n) is 3.89. The van der Waals surface area contributed by atoms with Gasteiger partial charge in [-0.1, -0.05) is 5.16 Å². The van der Waals surface area contributed by atoms with Crippen molar-refractivity contribution in [2.75, 3.05) is 46.5 Å². The summed E-state index contributed by atoms with van der Waals surface area (Å²) >= 11 is 0. The molecule has 2 aliphatic heterocycles. The van der Waals surface area contributed by atoms with Gasteiger partial charge in [-0.2, -0.15) is 0 Å². The van der Waals surface area contributed by atoms with Crippen LogP contribution in [0.5, 0.6) is 0 Å². The summed E-state index contributed by atoms with van der Waals surface area (Å²) in [6.45, 7) is 10.2. The van der Waals surface area contributed by atoms with E-state index in [4.69, 9.17) is 14.0 Å². The van der Waals surface area contributed by atoms with Gasteiger partial charge in [0.25, 0.3) is 0 Å². The lowest BCUT2D eigenvalue weighted by Crippen LogP contribution is -2.58. The Morgan fingerprint density at radius 2 is 2.08 bits per heavy atom. The van der Waals surface area contributed by atoms with Crippen LogP contribution in [0.2, 0.25) is 0 Å². The number of morpholine rings is 1. The zero-order chi connectivity index (χ0) is 18.0. The highest BCUT2D eigenvalue weighted by atomic mass is 16.5. The molecule has 0 N–H and O–H groups in total. The first-order valence-corrected chi connectivity index (χ1v) is 8.99. The number of hydrogen-bond donors (Lipinski definition) is 0. The molecule has 3 heterocycles. The lowest BCUT2D eigenvalue weighted by atomic mass is 9.99. The van der Waals surface area contributed by atoms with Crippen molar-refractivity contribution < 1.29 is 18.8 Å². The van der Waals surface area contributed by atoms with Crippen LogP contribution in [0, 0.1) is 12.8 Å². The molecule has 25 heavy (non-hydrogen) atoms. The highest BCUT2D eigenvalue weighted by Crippen LogP contribution is 2.28. The summed E-state index contributed by atoms with van der Waals surface area (Å²) in [6, 6.07) is 1.95. The molecule has 3 rings (SSSR count). The molecule has 1 amide bonds. The lowest BCUT2D eigenvalue weighted by molar-refractivity contribution is -0.144. The van der Waals surface area contributed by atoms with Gasteiger partial charge in [0, 0.05) is 51.7 Å². The maximum absolute atomic E-state index is 13.2. The summed E-state index contributed by atoms with van der Waals surface area (Å²) in [5.41, 5.74) is 0.350. The number of nitrogens with zero attached hydrogens (tertiary/aromatic N) is 3. The summed E-state index contributed by atoms with van der Waals surface area (Å²) in [6.07, 6.45) is 0.760. The van der Waals surface area contributed by atoms with Crippen molar-refractivity contribution in [2.45, 2.75) is 38.8 Å². The Kier molecular flexibility index (Phi) is 5.46. The third-order valence-corrected chi connectivity index (χ3v) is 5.44. The minimum Gasteiger partial charge on any atom is -0.379 e. The van der Waals surface area contributed by atoms with Crippen molar-refractivity contribution in [1.29, 1.82) is 0 Å². The van der Waals surface area contributed by atoms with E-state index in [0.29, 0.717) is 26.3 Å². The third kappa shape index (κ3) is 3.88. The van der Waals surface area contributed by atoms with E-state index in [9.17, 15) is 4.79 Å². The maximum atomic E-state index is 13.2. The molecule has 0 unspecified atom stereocenters. The van der Waals surface area contributed by atoms with Crippen LogP contribution in [0.1, 0.15) is 25.3 Å². The zero-order valence-corrected chi connectivity index (χ0v) is 15.7. The van der Waals surface area contributed by atoms with E-state index in [1.165, 1.54) is 0 Å². The molecule has 0 spiro atoms. The predicted octanol–water partition coefficient (Wildman–Crippen LogP) is 1.11. The van der Waals surface area contributed by atoms with Crippen molar-refractivity contribution in [2.24, 2.45) is 5.92 Å². The van der Waals surface area contributed by atoms with E-state index >= 15 is 0 Å². The predicted molar refractivity (Wildman–Crippen MR) is 92.3 cm³/mol. The van der Waals surface area contributed by atoms with Crippen LogP contribution in [-0.2, 0) is 20.7 Å². The number of amides is 1. The van der Waals surface area contributed by atoms with Gasteiger partial charge in [0.15, 0.2) is 0 Å². The first-order valence-electron chi connectivity index (χ1n) is 8.99.